The minimum absolute atomic E-state index is 1.07. The van der Waals surface area contributed by atoms with E-state index < -0.39 is 0 Å². The Labute approximate surface area is 437 Å². The summed E-state index contributed by atoms with van der Waals surface area (Å²) >= 11 is 12.9. The molecule has 2 N–H and O–H groups in total. The van der Waals surface area contributed by atoms with Crippen molar-refractivity contribution in [1.82, 2.24) is 0 Å². The Balaban J connectivity index is 0.000000135. The van der Waals surface area contributed by atoms with Crippen LogP contribution in [-0.4, -0.2) is 0 Å². The highest BCUT2D eigenvalue weighted by Gasteiger charge is 2.30. The average molecular weight is 1190 g/mol. The van der Waals surface area contributed by atoms with Crippen LogP contribution < -0.4 is 20.4 Å². The third-order valence-corrected chi connectivity index (χ3v) is 14.8. The molecule has 10 aromatic carbocycles. The molecular weight excluding hydrogens is 1140 g/mol. The lowest BCUT2D eigenvalue weighted by Crippen LogP contribution is -2.24. The average Bonchev–Trinajstić information content (AvgIpc) is 3.40. The molecule has 0 unspecified atom stereocenters. The quantitative estimate of drug-likeness (QED) is 0.172. The second-order valence-corrected chi connectivity index (χ2v) is 19.4. The van der Waals surface area contributed by atoms with E-state index in [4.69, 9.17) is 0 Å². The molecular formula is C60H44Br3IN4. The molecule has 2 aliphatic heterocycles. The Morgan fingerprint density at radius 3 is 1.00 bits per heavy atom. The molecule has 10 aromatic rings. The number of rotatable bonds is 4. The molecule has 0 amide bonds. The van der Waals surface area contributed by atoms with Gasteiger partial charge in [-0.3, -0.25) is 0 Å². The fraction of sp³-hybridized carbons (Fsp3) is 0. The van der Waals surface area contributed by atoms with Crippen molar-refractivity contribution in [2.75, 3.05) is 20.4 Å². The van der Waals surface area contributed by atoms with E-state index in [0.29, 0.717) is 0 Å². The minimum atomic E-state index is 1.07. The Kier molecular flexibility index (Phi) is 15.5. The van der Waals surface area contributed by atoms with Crippen LogP contribution in [0.15, 0.2) is 268 Å². The molecule has 4 nitrogen and oxygen atoms in total. The molecule has 0 spiro atoms. The molecule has 0 saturated carbocycles. The van der Waals surface area contributed by atoms with Crippen molar-refractivity contribution < 1.29 is 0 Å². The Morgan fingerprint density at radius 1 is 0.279 bits per heavy atom. The predicted octanol–water partition coefficient (Wildman–Crippen LogP) is 20.0. The smallest absolute Gasteiger partial charge is 0.0703 e. The second-order valence-electron chi connectivity index (χ2n) is 15.6. The van der Waals surface area contributed by atoms with Gasteiger partial charge in [0.1, 0.15) is 0 Å². The molecule has 0 saturated heterocycles. The number of hydrogen-bond acceptors (Lipinski definition) is 4. The lowest BCUT2D eigenvalue weighted by atomic mass is 10.0. The predicted molar refractivity (Wildman–Crippen MR) is 308 cm³/mol. The van der Waals surface area contributed by atoms with Crippen LogP contribution in [0.3, 0.4) is 0 Å². The van der Waals surface area contributed by atoms with Crippen molar-refractivity contribution in [1.29, 1.82) is 0 Å². The van der Waals surface area contributed by atoms with Gasteiger partial charge in [-0.05, 0) is 174 Å². The molecule has 12 rings (SSSR count). The summed E-state index contributed by atoms with van der Waals surface area (Å²) in [6.45, 7) is 0. The van der Waals surface area contributed by atoms with Crippen LogP contribution in [0.2, 0.25) is 0 Å². The highest BCUT2D eigenvalue weighted by molar-refractivity contribution is 14.1. The van der Waals surface area contributed by atoms with Gasteiger partial charge in [0.2, 0.25) is 0 Å². The molecule has 2 aliphatic rings. The summed E-state index contributed by atoms with van der Waals surface area (Å²) in [5.74, 6) is 0. The van der Waals surface area contributed by atoms with E-state index in [0.717, 1.165) is 65.8 Å². The summed E-state index contributed by atoms with van der Waals surface area (Å²) in [6, 6.07) is 88.1. The monoisotopic (exact) mass is 1180 g/mol. The number of nitrogens with one attached hydrogen (secondary N) is 2. The summed E-state index contributed by atoms with van der Waals surface area (Å²) in [6.07, 6.45) is 0. The molecule has 0 aromatic heterocycles. The highest BCUT2D eigenvalue weighted by atomic mass is 127. The van der Waals surface area contributed by atoms with E-state index in [-0.39, 0.29) is 0 Å². The summed E-state index contributed by atoms with van der Waals surface area (Å²) in [4.78, 5) is 4.69. The summed E-state index contributed by atoms with van der Waals surface area (Å²) in [7, 11) is 0. The van der Waals surface area contributed by atoms with Crippen LogP contribution in [0.25, 0.3) is 22.3 Å². The van der Waals surface area contributed by atoms with E-state index in [1.807, 2.05) is 48.5 Å². The fourth-order valence-electron chi connectivity index (χ4n) is 7.95. The first-order valence-corrected chi connectivity index (χ1v) is 25.5. The van der Waals surface area contributed by atoms with Crippen LogP contribution in [0.1, 0.15) is 0 Å². The van der Waals surface area contributed by atoms with Gasteiger partial charge in [-0.15, -0.1) is 0 Å². The second kappa shape index (κ2) is 22.6. The van der Waals surface area contributed by atoms with Gasteiger partial charge in [-0.1, -0.05) is 174 Å². The maximum absolute atomic E-state index is 3.77. The van der Waals surface area contributed by atoms with Crippen LogP contribution >= 0.6 is 70.4 Å². The number of fused-ring (bicyclic) bond motifs is 4. The zero-order chi connectivity index (χ0) is 46.7. The van der Waals surface area contributed by atoms with Gasteiger partial charge in [0, 0.05) is 22.7 Å². The number of benzene rings is 10. The van der Waals surface area contributed by atoms with Crippen molar-refractivity contribution in [2.45, 2.75) is 0 Å². The summed E-state index contributed by atoms with van der Waals surface area (Å²) < 4.78 is 4.60. The molecule has 8 heteroatoms. The maximum Gasteiger partial charge on any atom is 0.0703 e. The molecule has 0 radical (unpaired) electrons. The van der Waals surface area contributed by atoms with Crippen LogP contribution in [0.5, 0.6) is 0 Å². The number of nitrogens with zero attached hydrogens (tertiary/aromatic N) is 2. The van der Waals surface area contributed by atoms with Crippen LogP contribution in [0, 0.1) is 3.57 Å². The molecule has 0 bridgehead atoms. The minimum Gasteiger partial charge on any atom is -0.352 e. The largest absolute Gasteiger partial charge is 0.352 e. The lowest BCUT2D eigenvalue weighted by Gasteiger charge is -2.40. The van der Waals surface area contributed by atoms with E-state index in [9.17, 15) is 0 Å². The normalized spacial score (nSPS) is 11.4. The molecule has 2 heterocycles. The van der Waals surface area contributed by atoms with Crippen molar-refractivity contribution >= 4 is 127 Å². The van der Waals surface area contributed by atoms with Gasteiger partial charge in [0.25, 0.3) is 0 Å². The molecule has 68 heavy (non-hydrogen) atoms. The van der Waals surface area contributed by atoms with E-state index in [2.05, 4.69) is 297 Å². The van der Waals surface area contributed by atoms with E-state index >= 15 is 0 Å². The summed E-state index contributed by atoms with van der Waals surface area (Å²) in [5.41, 5.74) is 16.3. The van der Waals surface area contributed by atoms with Crippen molar-refractivity contribution in [3.63, 3.8) is 0 Å². The Bertz CT molecular complexity index is 3080. The van der Waals surface area contributed by atoms with E-state index in [1.54, 1.807) is 0 Å². The number of anilines is 10. The topological polar surface area (TPSA) is 30.5 Å². The number of halogens is 4. The van der Waals surface area contributed by atoms with Gasteiger partial charge in [0.15, 0.2) is 0 Å². The van der Waals surface area contributed by atoms with Crippen molar-refractivity contribution in [3.05, 3.63) is 272 Å². The van der Waals surface area contributed by atoms with Crippen LogP contribution in [-0.2, 0) is 0 Å². The zero-order valence-corrected chi connectivity index (χ0v) is 43.6. The summed E-state index contributed by atoms with van der Waals surface area (Å²) in [5, 5.41) is 6.76. The number of para-hydroxylation sites is 9. The first kappa shape index (κ1) is 46.7. The van der Waals surface area contributed by atoms with Gasteiger partial charge in [0.05, 0.1) is 51.2 Å². The standard InChI is InChI=1S/C30H21BrN2.C12H9Br.C12H10N2.C6H4BrI/c31-25-12-4-5-13-26(25)33-29-16-8-6-14-27(29)32(28-15-7-9-17-30(28)33)24-20-18-23(19-21-24)22-10-2-1-3-11-22;13-12-8-6-11(7-9-12)10-4-2-1-3-5-10;1-2-6-10-9(5-1)13-11-7-3-4-8-12(11)14-10;7-5-3-1-2-4-6(5)8/h1-21H;1-9H;1-8,13-14H;1-4H. The van der Waals surface area contributed by atoms with Crippen LogP contribution in [0.4, 0.5) is 56.9 Å². The van der Waals surface area contributed by atoms with Gasteiger partial charge in [-0.25, -0.2) is 0 Å². The van der Waals surface area contributed by atoms with E-state index in [1.165, 1.54) is 30.3 Å². The third-order valence-electron chi connectivity index (χ3n) is 11.2. The number of hydrogen-bond donors (Lipinski definition) is 2. The maximum atomic E-state index is 3.77. The van der Waals surface area contributed by atoms with Gasteiger partial charge >= 0.3 is 0 Å². The van der Waals surface area contributed by atoms with Gasteiger partial charge in [-0.2, -0.15) is 0 Å². The Morgan fingerprint density at radius 2 is 0.603 bits per heavy atom. The first-order chi connectivity index (χ1) is 33.4. The lowest BCUT2D eigenvalue weighted by molar-refractivity contribution is 1.17. The zero-order valence-electron chi connectivity index (χ0n) is 36.7. The molecule has 0 fully saturated rings. The molecule has 0 aliphatic carbocycles. The van der Waals surface area contributed by atoms with Crippen molar-refractivity contribution in [2.24, 2.45) is 0 Å². The Hall–Kier alpha value is -6.43. The highest BCUT2D eigenvalue weighted by Crippen LogP contribution is 2.55. The molecule has 0 atom stereocenters. The fourth-order valence-corrected chi connectivity index (χ4v) is 9.35. The third kappa shape index (κ3) is 11.1. The van der Waals surface area contributed by atoms with Gasteiger partial charge < -0.3 is 20.4 Å². The van der Waals surface area contributed by atoms with Crippen molar-refractivity contribution in [3.8, 4) is 22.3 Å². The first-order valence-electron chi connectivity index (χ1n) is 22.0. The molecule has 332 valence electrons. The SMILES string of the molecule is Brc1ccc(-c2ccccc2)cc1.Brc1ccccc1I.Brc1ccccc1N1c2ccccc2N(c2ccc(-c3ccccc3)cc2)c2ccccc21.c1ccc2c(c1)Nc1ccccc1N2.